The van der Waals surface area contributed by atoms with Gasteiger partial charge in [-0.25, -0.2) is 19.9 Å². The van der Waals surface area contributed by atoms with Crippen molar-refractivity contribution in [2.75, 3.05) is 0 Å². The van der Waals surface area contributed by atoms with Gasteiger partial charge in [0.2, 0.25) is 11.9 Å². The zero-order chi connectivity index (χ0) is 37.0. The molecule has 0 saturated heterocycles. The summed E-state index contributed by atoms with van der Waals surface area (Å²) in [5, 5.41) is 4.50. The van der Waals surface area contributed by atoms with E-state index in [1.54, 1.807) is 0 Å². The molecule has 11 aromatic rings. The van der Waals surface area contributed by atoms with E-state index in [0.717, 1.165) is 88.6 Å². The standard InChI is InChI=1S/C50H32N6/c1-5-17-33(18-6-1)39-31-40(34-19-7-2-8-20-34)52-49(51-39)55-43-27-15-13-25-37(43)47-45(55)29-30-46-48(47)38-26-14-16-28-44(38)56(46)50-53-41(35-21-9-3-10-22-35)32-42(54-50)36-23-11-4-12-24-36/h1-32H. The molecule has 0 atom stereocenters. The molecular weight excluding hydrogens is 685 g/mol. The van der Waals surface area contributed by atoms with E-state index in [1.807, 2.05) is 72.8 Å². The van der Waals surface area contributed by atoms with Gasteiger partial charge in [-0.3, -0.25) is 9.13 Å². The summed E-state index contributed by atoms with van der Waals surface area (Å²) in [6.07, 6.45) is 0. The smallest absolute Gasteiger partial charge is 0.235 e. The second-order valence-electron chi connectivity index (χ2n) is 13.9. The van der Waals surface area contributed by atoms with Gasteiger partial charge in [-0.2, -0.15) is 0 Å². The van der Waals surface area contributed by atoms with Gasteiger partial charge in [0, 0.05) is 43.8 Å². The number of nitrogens with zero attached hydrogens (tertiary/aromatic N) is 6. The van der Waals surface area contributed by atoms with Crippen LogP contribution in [0.3, 0.4) is 0 Å². The van der Waals surface area contributed by atoms with Gasteiger partial charge in [0.1, 0.15) is 0 Å². The molecular formula is C50H32N6. The Morgan fingerprint density at radius 3 is 0.875 bits per heavy atom. The highest BCUT2D eigenvalue weighted by Gasteiger charge is 2.23. The molecule has 4 heterocycles. The largest absolute Gasteiger partial charge is 0.278 e. The molecule has 262 valence electrons. The summed E-state index contributed by atoms with van der Waals surface area (Å²) >= 11 is 0. The third kappa shape index (κ3) is 5.19. The van der Waals surface area contributed by atoms with E-state index in [9.17, 15) is 0 Å². The molecule has 0 saturated carbocycles. The summed E-state index contributed by atoms with van der Waals surface area (Å²) in [6.45, 7) is 0. The minimum absolute atomic E-state index is 0.617. The number of aromatic nitrogens is 6. The molecule has 0 radical (unpaired) electrons. The Bertz CT molecular complexity index is 2890. The van der Waals surface area contributed by atoms with Crippen LogP contribution in [0.15, 0.2) is 194 Å². The molecule has 0 aliphatic heterocycles. The first-order chi connectivity index (χ1) is 27.8. The van der Waals surface area contributed by atoms with Crippen LogP contribution in [0.4, 0.5) is 0 Å². The molecule has 0 spiro atoms. The highest BCUT2D eigenvalue weighted by atomic mass is 15.2. The lowest BCUT2D eigenvalue weighted by molar-refractivity contribution is 0.992. The quantitative estimate of drug-likeness (QED) is 0.172. The first-order valence-corrected chi connectivity index (χ1v) is 18.7. The Hall–Kier alpha value is -7.70. The Balaban J connectivity index is 1.22. The minimum atomic E-state index is 0.617. The summed E-state index contributed by atoms with van der Waals surface area (Å²) in [5.74, 6) is 1.23. The van der Waals surface area contributed by atoms with Crippen molar-refractivity contribution in [1.29, 1.82) is 0 Å². The Morgan fingerprint density at radius 2 is 0.554 bits per heavy atom. The number of hydrogen-bond donors (Lipinski definition) is 0. The molecule has 6 nitrogen and oxygen atoms in total. The van der Waals surface area contributed by atoms with Crippen molar-refractivity contribution in [1.82, 2.24) is 29.1 Å². The van der Waals surface area contributed by atoms with E-state index in [0.29, 0.717) is 11.9 Å². The molecule has 4 aromatic heterocycles. The molecule has 0 fully saturated rings. The first kappa shape index (κ1) is 31.8. The fourth-order valence-corrected chi connectivity index (χ4v) is 8.05. The van der Waals surface area contributed by atoms with E-state index >= 15 is 0 Å². The van der Waals surface area contributed by atoms with E-state index in [2.05, 4.69) is 130 Å². The topological polar surface area (TPSA) is 61.4 Å². The predicted octanol–water partition coefficient (Wildman–Crippen LogP) is 12.1. The number of benzene rings is 7. The van der Waals surface area contributed by atoms with Crippen molar-refractivity contribution in [3.63, 3.8) is 0 Å². The Kier molecular flexibility index (Phi) is 7.38. The lowest BCUT2D eigenvalue weighted by atomic mass is 10.1. The third-order valence-electron chi connectivity index (χ3n) is 10.6. The van der Waals surface area contributed by atoms with Gasteiger partial charge in [-0.1, -0.05) is 158 Å². The van der Waals surface area contributed by atoms with Crippen LogP contribution in [0.5, 0.6) is 0 Å². The Morgan fingerprint density at radius 1 is 0.268 bits per heavy atom. The summed E-state index contributed by atoms with van der Waals surface area (Å²) in [4.78, 5) is 21.1. The number of fused-ring (bicyclic) bond motifs is 7. The average molecular weight is 717 g/mol. The SMILES string of the molecule is c1ccc(-c2cc(-c3ccccc3)nc(-n3c4ccccc4c4c5c6ccccc6n(-c6nc(-c7ccccc7)cc(-c7ccccc7)n6)c5ccc43)n2)cc1. The zero-order valence-electron chi connectivity index (χ0n) is 30.2. The van der Waals surface area contributed by atoms with Crippen molar-refractivity contribution in [3.05, 3.63) is 194 Å². The molecule has 11 rings (SSSR count). The molecule has 0 N–H and O–H groups in total. The lowest BCUT2D eigenvalue weighted by Crippen LogP contribution is -2.04. The average Bonchev–Trinajstić information content (AvgIpc) is 3.80. The molecule has 0 bridgehead atoms. The second kappa shape index (κ2) is 13.0. The van der Waals surface area contributed by atoms with E-state index in [-0.39, 0.29) is 0 Å². The van der Waals surface area contributed by atoms with Crippen molar-refractivity contribution in [2.24, 2.45) is 0 Å². The fraction of sp³-hybridized carbons (Fsp3) is 0. The number of rotatable bonds is 6. The molecule has 0 aliphatic rings. The van der Waals surface area contributed by atoms with Crippen molar-refractivity contribution >= 4 is 43.6 Å². The van der Waals surface area contributed by atoms with Gasteiger partial charge in [0.15, 0.2) is 0 Å². The maximum Gasteiger partial charge on any atom is 0.235 e. The zero-order valence-corrected chi connectivity index (χ0v) is 30.2. The Labute approximate surface area is 322 Å². The third-order valence-corrected chi connectivity index (χ3v) is 10.6. The molecule has 6 heteroatoms. The maximum atomic E-state index is 5.27. The van der Waals surface area contributed by atoms with Gasteiger partial charge in [-0.05, 0) is 36.4 Å². The summed E-state index contributed by atoms with van der Waals surface area (Å²) < 4.78 is 4.43. The van der Waals surface area contributed by atoms with Crippen LogP contribution in [0.1, 0.15) is 0 Å². The molecule has 0 unspecified atom stereocenters. The van der Waals surface area contributed by atoms with Crippen LogP contribution < -0.4 is 0 Å². The minimum Gasteiger partial charge on any atom is -0.278 e. The summed E-state index contributed by atoms with van der Waals surface area (Å²) in [5.41, 5.74) is 11.7. The van der Waals surface area contributed by atoms with Crippen LogP contribution in [-0.2, 0) is 0 Å². The van der Waals surface area contributed by atoms with Crippen molar-refractivity contribution < 1.29 is 0 Å². The lowest BCUT2D eigenvalue weighted by Gasteiger charge is -2.12. The highest BCUT2D eigenvalue weighted by molar-refractivity contribution is 6.28. The monoisotopic (exact) mass is 716 g/mol. The van der Waals surface area contributed by atoms with Gasteiger partial charge in [0.05, 0.1) is 44.8 Å². The number of hydrogen-bond acceptors (Lipinski definition) is 4. The van der Waals surface area contributed by atoms with Gasteiger partial charge >= 0.3 is 0 Å². The van der Waals surface area contributed by atoms with E-state index < -0.39 is 0 Å². The van der Waals surface area contributed by atoms with Crippen LogP contribution >= 0.6 is 0 Å². The molecule has 0 aliphatic carbocycles. The summed E-state index contributed by atoms with van der Waals surface area (Å²) in [6, 6.07) is 67.0. The maximum absolute atomic E-state index is 5.27. The predicted molar refractivity (Wildman–Crippen MR) is 228 cm³/mol. The highest BCUT2D eigenvalue weighted by Crippen LogP contribution is 2.42. The molecule has 56 heavy (non-hydrogen) atoms. The first-order valence-electron chi connectivity index (χ1n) is 18.7. The number of para-hydroxylation sites is 2. The van der Waals surface area contributed by atoms with E-state index in [4.69, 9.17) is 19.9 Å². The summed E-state index contributed by atoms with van der Waals surface area (Å²) in [7, 11) is 0. The van der Waals surface area contributed by atoms with Crippen LogP contribution in [0.25, 0.3) is 101 Å². The normalized spacial score (nSPS) is 11.6. The van der Waals surface area contributed by atoms with Crippen LogP contribution in [0, 0.1) is 0 Å². The second-order valence-corrected chi connectivity index (χ2v) is 13.9. The molecule has 7 aromatic carbocycles. The van der Waals surface area contributed by atoms with Gasteiger partial charge in [-0.15, -0.1) is 0 Å². The van der Waals surface area contributed by atoms with E-state index in [1.165, 1.54) is 0 Å². The van der Waals surface area contributed by atoms with Crippen molar-refractivity contribution in [2.45, 2.75) is 0 Å². The van der Waals surface area contributed by atoms with Gasteiger partial charge in [0.25, 0.3) is 0 Å². The fourth-order valence-electron chi connectivity index (χ4n) is 8.05. The molecule has 0 amide bonds. The van der Waals surface area contributed by atoms with Crippen molar-refractivity contribution in [3.8, 4) is 56.9 Å². The van der Waals surface area contributed by atoms with Crippen LogP contribution in [0.2, 0.25) is 0 Å². The van der Waals surface area contributed by atoms with Gasteiger partial charge < -0.3 is 0 Å². The van der Waals surface area contributed by atoms with Crippen LogP contribution in [-0.4, -0.2) is 29.1 Å².